The molecule has 0 aliphatic carbocycles. The Kier molecular flexibility index (Phi) is 15.6. The van der Waals surface area contributed by atoms with Crippen LogP contribution < -0.4 is 0 Å². The Morgan fingerprint density at radius 2 is 1.48 bits per heavy atom. The molecule has 0 spiro atoms. The molecule has 0 aromatic rings. The van der Waals surface area contributed by atoms with Gasteiger partial charge in [-0.25, -0.2) is 0 Å². The van der Waals surface area contributed by atoms with E-state index in [-0.39, 0.29) is 12.8 Å². The van der Waals surface area contributed by atoms with Crippen LogP contribution in [0.2, 0.25) is 0 Å². The van der Waals surface area contributed by atoms with Crippen molar-refractivity contribution in [3.63, 3.8) is 0 Å². The molecule has 0 aliphatic rings. The van der Waals surface area contributed by atoms with E-state index < -0.39 is 40.6 Å². The maximum atomic E-state index is 11.2. The molecular formula is C20H33N2O7. The van der Waals surface area contributed by atoms with E-state index in [2.05, 4.69) is 0 Å². The Bertz CT molecular complexity index is 537. The topological polar surface area (TPSA) is 144 Å². The summed E-state index contributed by atoms with van der Waals surface area (Å²) in [5.74, 6) is 0. The van der Waals surface area contributed by atoms with Crippen LogP contribution in [0.1, 0.15) is 71.1 Å². The van der Waals surface area contributed by atoms with Gasteiger partial charge in [-0.15, -0.1) is 0 Å². The van der Waals surface area contributed by atoms with Gasteiger partial charge in [-0.3, -0.25) is 25.0 Å². The van der Waals surface area contributed by atoms with Crippen molar-refractivity contribution in [1.29, 1.82) is 0 Å². The predicted octanol–water partition coefficient (Wildman–Crippen LogP) is 3.14. The van der Waals surface area contributed by atoms with E-state index >= 15 is 0 Å². The Morgan fingerprint density at radius 3 is 2.07 bits per heavy atom. The van der Waals surface area contributed by atoms with Gasteiger partial charge >= 0.3 is 0 Å². The van der Waals surface area contributed by atoms with Gasteiger partial charge in [-0.2, -0.15) is 0 Å². The van der Waals surface area contributed by atoms with Crippen LogP contribution in [0.5, 0.6) is 0 Å². The van der Waals surface area contributed by atoms with Crippen molar-refractivity contribution in [3.8, 4) is 0 Å². The van der Waals surface area contributed by atoms with E-state index in [9.17, 15) is 35.2 Å². The minimum atomic E-state index is -1.51. The highest BCUT2D eigenvalue weighted by atomic mass is 16.6. The van der Waals surface area contributed by atoms with E-state index in [1.54, 1.807) is 19.1 Å². The third kappa shape index (κ3) is 12.8. The van der Waals surface area contributed by atoms with Crippen LogP contribution in [-0.4, -0.2) is 50.6 Å². The first kappa shape index (κ1) is 26.9. The number of aliphatic hydroxyl groups excluding tert-OH is 2. The molecule has 0 aromatic heterocycles. The maximum Gasteiger partial charge on any atom is 0.245 e. The van der Waals surface area contributed by atoms with Crippen molar-refractivity contribution in [3.05, 3.63) is 44.5 Å². The molecule has 9 heteroatoms. The van der Waals surface area contributed by atoms with Gasteiger partial charge in [0.05, 0.1) is 6.42 Å². The monoisotopic (exact) mass is 413 g/mol. The fourth-order valence-corrected chi connectivity index (χ4v) is 2.88. The highest BCUT2D eigenvalue weighted by Gasteiger charge is 2.40. The SMILES string of the molecule is CCC(O)C(CC(C(O)C/C=C\C/C=C\CCCCCC[C]=O)[N+](=O)[O-])[N+](=O)[O-]. The summed E-state index contributed by atoms with van der Waals surface area (Å²) in [6, 6.07) is -2.99. The van der Waals surface area contributed by atoms with Crippen LogP contribution in [0.25, 0.3) is 0 Å². The molecule has 0 saturated carbocycles. The summed E-state index contributed by atoms with van der Waals surface area (Å²) in [7, 11) is 0. The molecule has 165 valence electrons. The van der Waals surface area contributed by atoms with E-state index in [0.29, 0.717) is 12.8 Å². The van der Waals surface area contributed by atoms with Crippen LogP contribution in [0.3, 0.4) is 0 Å². The molecule has 0 saturated heterocycles. The second kappa shape index (κ2) is 16.8. The molecule has 2 N–H and O–H groups in total. The molecule has 9 nitrogen and oxygen atoms in total. The first-order valence-corrected chi connectivity index (χ1v) is 10.1. The molecule has 0 bridgehead atoms. The minimum absolute atomic E-state index is 0.0138. The number of allylic oxidation sites excluding steroid dienone is 3. The lowest BCUT2D eigenvalue weighted by Gasteiger charge is -2.19. The van der Waals surface area contributed by atoms with Crippen molar-refractivity contribution in [2.75, 3.05) is 0 Å². The number of hydrogen-bond donors (Lipinski definition) is 2. The van der Waals surface area contributed by atoms with Crippen molar-refractivity contribution in [2.45, 2.75) is 95.4 Å². The Morgan fingerprint density at radius 1 is 0.897 bits per heavy atom. The quantitative estimate of drug-likeness (QED) is 0.152. The molecule has 0 fully saturated rings. The van der Waals surface area contributed by atoms with Crippen LogP contribution in [-0.2, 0) is 4.79 Å². The summed E-state index contributed by atoms with van der Waals surface area (Å²) >= 11 is 0. The molecule has 4 unspecified atom stereocenters. The zero-order valence-corrected chi connectivity index (χ0v) is 17.0. The van der Waals surface area contributed by atoms with E-state index in [1.165, 1.54) is 0 Å². The number of carbonyl (C=O) groups excluding carboxylic acids is 1. The van der Waals surface area contributed by atoms with E-state index in [0.717, 1.165) is 32.1 Å². The number of rotatable bonds is 18. The van der Waals surface area contributed by atoms with E-state index in [4.69, 9.17) is 0 Å². The average molecular weight is 413 g/mol. The molecule has 0 aliphatic heterocycles. The lowest BCUT2D eigenvalue weighted by Crippen LogP contribution is -2.43. The summed E-state index contributed by atoms with van der Waals surface area (Å²) in [5.41, 5.74) is 0. The van der Waals surface area contributed by atoms with Gasteiger partial charge < -0.3 is 10.2 Å². The Balaban J connectivity index is 4.30. The molecule has 0 heterocycles. The summed E-state index contributed by atoms with van der Waals surface area (Å²) in [4.78, 5) is 30.9. The van der Waals surface area contributed by atoms with Crippen LogP contribution in [0.4, 0.5) is 0 Å². The fraction of sp³-hybridized carbons (Fsp3) is 0.750. The normalized spacial score (nSPS) is 16.0. The lowest BCUT2D eigenvalue weighted by molar-refractivity contribution is -0.573. The zero-order chi connectivity index (χ0) is 22.1. The maximum absolute atomic E-state index is 11.2. The predicted molar refractivity (Wildman–Crippen MR) is 109 cm³/mol. The average Bonchev–Trinajstić information content (AvgIpc) is 2.68. The molecule has 0 aromatic carbocycles. The molecule has 0 rings (SSSR count). The smallest absolute Gasteiger partial charge is 0.245 e. The number of aliphatic hydroxyl groups is 2. The first-order valence-electron chi connectivity index (χ1n) is 10.1. The van der Waals surface area contributed by atoms with Gasteiger partial charge in [0.15, 0.2) is 6.29 Å². The highest BCUT2D eigenvalue weighted by molar-refractivity contribution is 5.50. The largest absolute Gasteiger partial charge is 0.386 e. The highest BCUT2D eigenvalue weighted by Crippen LogP contribution is 2.16. The van der Waals surface area contributed by atoms with Crippen molar-refractivity contribution >= 4 is 6.29 Å². The summed E-state index contributed by atoms with van der Waals surface area (Å²) in [5, 5.41) is 42.1. The summed E-state index contributed by atoms with van der Waals surface area (Å²) in [6.45, 7) is 1.56. The standard InChI is InChI=1S/C20H33N2O7/c1-2-19(24)17(21(26)27)16-18(22(28)29)20(25)14-12-10-8-6-4-3-5-7-9-11-13-15-23/h4,6,10,12,17-20,24-25H,2-3,5,7-9,11,13-14,16H2,1H3/b6-4-,12-10-. The van der Waals surface area contributed by atoms with Gasteiger partial charge in [0.25, 0.3) is 0 Å². The second-order valence-corrected chi connectivity index (χ2v) is 7.00. The summed E-state index contributed by atoms with van der Waals surface area (Å²) < 4.78 is 0. The Labute approximate surface area is 171 Å². The van der Waals surface area contributed by atoms with Crippen molar-refractivity contribution in [2.24, 2.45) is 0 Å². The molecule has 4 atom stereocenters. The second-order valence-electron chi connectivity index (χ2n) is 7.00. The molecule has 0 amide bonds. The van der Waals surface area contributed by atoms with Crippen LogP contribution >= 0.6 is 0 Å². The number of nitro groups is 2. The minimum Gasteiger partial charge on any atom is -0.386 e. The van der Waals surface area contributed by atoms with Gasteiger partial charge in [-0.05, 0) is 38.5 Å². The lowest BCUT2D eigenvalue weighted by atomic mass is 9.96. The molecule has 1 radical (unpaired) electrons. The van der Waals surface area contributed by atoms with Gasteiger partial charge in [0.2, 0.25) is 12.1 Å². The van der Waals surface area contributed by atoms with Gasteiger partial charge in [-0.1, -0.05) is 44.1 Å². The van der Waals surface area contributed by atoms with Crippen molar-refractivity contribution < 1.29 is 24.9 Å². The third-order valence-corrected chi connectivity index (χ3v) is 4.71. The van der Waals surface area contributed by atoms with Gasteiger partial charge in [0.1, 0.15) is 12.2 Å². The third-order valence-electron chi connectivity index (χ3n) is 4.71. The first-order chi connectivity index (χ1) is 13.8. The summed E-state index contributed by atoms with van der Waals surface area (Å²) in [6.07, 6.45) is 12.3. The van der Waals surface area contributed by atoms with Crippen LogP contribution in [0, 0.1) is 20.2 Å². The van der Waals surface area contributed by atoms with Crippen LogP contribution in [0.15, 0.2) is 24.3 Å². The van der Waals surface area contributed by atoms with Crippen molar-refractivity contribution in [1.82, 2.24) is 0 Å². The Hall–Kier alpha value is -2.13. The zero-order valence-electron chi connectivity index (χ0n) is 17.0. The molecule has 29 heavy (non-hydrogen) atoms. The number of nitrogens with zero attached hydrogens (tertiary/aromatic N) is 2. The fourth-order valence-electron chi connectivity index (χ4n) is 2.88. The van der Waals surface area contributed by atoms with E-state index in [1.807, 2.05) is 18.4 Å². The van der Waals surface area contributed by atoms with Gasteiger partial charge in [0, 0.05) is 16.3 Å². The molecular weight excluding hydrogens is 380 g/mol. The number of unbranched alkanes of at least 4 members (excludes halogenated alkanes) is 5. The number of hydrogen-bond acceptors (Lipinski definition) is 7.